The summed E-state index contributed by atoms with van der Waals surface area (Å²) >= 11 is 17.2. The van der Waals surface area contributed by atoms with Gasteiger partial charge in [-0.3, -0.25) is 0 Å². The van der Waals surface area contributed by atoms with Crippen molar-refractivity contribution in [2.75, 3.05) is 0 Å². The van der Waals surface area contributed by atoms with Crippen LogP contribution >= 0.6 is 34.8 Å². The molecule has 0 aliphatic carbocycles. The highest BCUT2D eigenvalue weighted by molar-refractivity contribution is 6.45. The van der Waals surface area contributed by atoms with Gasteiger partial charge in [-0.2, -0.15) is 0 Å². The average molecular weight is 249 g/mol. The summed E-state index contributed by atoms with van der Waals surface area (Å²) in [5.41, 5.74) is -0.330. The standard InChI is InChI=1S/C9H3Cl3O2/c10-4-1-2-5-6(3-4)14-9(13)8(12)7(5)11/h1-3H. The lowest BCUT2D eigenvalue weighted by Crippen LogP contribution is -1.99. The van der Waals surface area contributed by atoms with Crippen molar-refractivity contribution in [2.45, 2.75) is 0 Å². The van der Waals surface area contributed by atoms with E-state index in [1.807, 2.05) is 0 Å². The van der Waals surface area contributed by atoms with Gasteiger partial charge in [0.1, 0.15) is 10.6 Å². The van der Waals surface area contributed by atoms with Gasteiger partial charge in [0, 0.05) is 16.5 Å². The second kappa shape index (κ2) is 3.46. The lowest BCUT2D eigenvalue weighted by molar-refractivity contribution is 0.561. The van der Waals surface area contributed by atoms with Crippen molar-refractivity contribution in [2.24, 2.45) is 0 Å². The van der Waals surface area contributed by atoms with Crippen molar-refractivity contribution in [1.29, 1.82) is 0 Å². The van der Waals surface area contributed by atoms with Crippen LogP contribution in [0.3, 0.4) is 0 Å². The van der Waals surface area contributed by atoms with Crippen LogP contribution in [0.2, 0.25) is 15.1 Å². The third-order valence-electron chi connectivity index (χ3n) is 1.75. The largest absolute Gasteiger partial charge is 0.421 e. The normalized spacial score (nSPS) is 10.8. The summed E-state index contributed by atoms with van der Waals surface area (Å²) in [6.45, 7) is 0. The van der Waals surface area contributed by atoms with Crippen LogP contribution < -0.4 is 5.63 Å². The SMILES string of the molecule is O=c1oc2cc(Cl)ccc2c(Cl)c1Cl. The Morgan fingerprint density at radius 3 is 2.50 bits per heavy atom. The molecule has 0 atom stereocenters. The lowest BCUT2D eigenvalue weighted by Gasteiger charge is -2.00. The molecule has 0 aliphatic heterocycles. The molecule has 1 aromatic carbocycles. The van der Waals surface area contributed by atoms with Gasteiger partial charge < -0.3 is 4.42 Å². The fourth-order valence-corrected chi connectivity index (χ4v) is 1.65. The number of fused-ring (bicyclic) bond motifs is 1. The summed E-state index contributed by atoms with van der Waals surface area (Å²) < 4.78 is 4.90. The number of hydrogen-bond donors (Lipinski definition) is 0. The first-order valence-electron chi connectivity index (χ1n) is 3.67. The molecule has 0 amide bonds. The smallest absolute Gasteiger partial charge is 0.356 e. The van der Waals surface area contributed by atoms with E-state index in [1.165, 1.54) is 6.07 Å². The Kier molecular flexibility index (Phi) is 2.43. The molecule has 0 fully saturated rings. The number of benzene rings is 1. The topological polar surface area (TPSA) is 30.2 Å². The van der Waals surface area contributed by atoms with Crippen LogP contribution in [0.1, 0.15) is 0 Å². The third-order valence-corrected chi connectivity index (χ3v) is 2.82. The van der Waals surface area contributed by atoms with Gasteiger partial charge in [0.2, 0.25) is 0 Å². The minimum atomic E-state index is -0.661. The molecule has 1 heterocycles. The Morgan fingerprint density at radius 1 is 1.07 bits per heavy atom. The molecule has 5 heteroatoms. The van der Waals surface area contributed by atoms with Crippen LogP contribution in [0.4, 0.5) is 0 Å². The Morgan fingerprint density at radius 2 is 1.79 bits per heavy atom. The van der Waals surface area contributed by atoms with Crippen LogP contribution in [0.15, 0.2) is 27.4 Å². The molecule has 72 valence electrons. The van der Waals surface area contributed by atoms with Gasteiger partial charge in [0.05, 0.1) is 5.02 Å². The average Bonchev–Trinajstić information content (AvgIpc) is 2.14. The van der Waals surface area contributed by atoms with Crippen molar-refractivity contribution in [1.82, 2.24) is 0 Å². The van der Waals surface area contributed by atoms with E-state index in [4.69, 9.17) is 39.2 Å². The maximum absolute atomic E-state index is 11.1. The van der Waals surface area contributed by atoms with E-state index >= 15 is 0 Å². The first-order chi connectivity index (χ1) is 6.59. The second-order valence-corrected chi connectivity index (χ2v) is 3.85. The van der Waals surface area contributed by atoms with Crippen LogP contribution in [-0.2, 0) is 0 Å². The van der Waals surface area contributed by atoms with Gasteiger partial charge in [0.25, 0.3) is 0 Å². The molecule has 1 aromatic heterocycles. The Bertz CT molecular complexity index is 560. The van der Waals surface area contributed by atoms with E-state index in [2.05, 4.69) is 0 Å². The highest BCUT2D eigenvalue weighted by Gasteiger charge is 2.10. The molecule has 0 N–H and O–H groups in total. The molecular formula is C9H3Cl3O2. The maximum Gasteiger partial charge on any atom is 0.356 e. The molecule has 2 rings (SSSR count). The van der Waals surface area contributed by atoms with E-state index in [1.54, 1.807) is 12.1 Å². The maximum atomic E-state index is 11.1. The summed E-state index contributed by atoms with van der Waals surface area (Å²) in [6, 6.07) is 4.81. The summed E-state index contributed by atoms with van der Waals surface area (Å²) in [7, 11) is 0. The van der Waals surface area contributed by atoms with E-state index in [9.17, 15) is 4.79 Å². The first-order valence-corrected chi connectivity index (χ1v) is 4.80. The molecule has 0 aliphatic rings. The molecule has 0 saturated carbocycles. The van der Waals surface area contributed by atoms with Gasteiger partial charge in [-0.15, -0.1) is 0 Å². The van der Waals surface area contributed by atoms with Gasteiger partial charge in [-0.05, 0) is 12.1 Å². The predicted molar refractivity (Wildman–Crippen MR) is 57.5 cm³/mol. The molecule has 0 radical (unpaired) electrons. The van der Waals surface area contributed by atoms with Crippen LogP contribution in [0.25, 0.3) is 11.0 Å². The van der Waals surface area contributed by atoms with E-state index in [-0.39, 0.29) is 10.0 Å². The Hall–Kier alpha value is -0.700. The van der Waals surface area contributed by atoms with Crippen molar-refractivity contribution >= 4 is 45.8 Å². The zero-order valence-corrected chi connectivity index (χ0v) is 8.95. The fraction of sp³-hybridized carbons (Fsp3) is 0. The summed E-state index contributed by atoms with van der Waals surface area (Å²) in [4.78, 5) is 11.1. The highest BCUT2D eigenvalue weighted by Crippen LogP contribution is 2.29. The van der Waals surface area contributed by atoms with Crippen LogP contribution in [0, 0.1) is 0 Å². The molecule has 0 unspecified atom stereocenters. The molecule has 0 saturated heterocycles. The zero-order valence-electron chi connectivity index (χ0n) is 6.68. The molecule has 2 aromatic rings. The highest BCUT2D eigenvalue weighted by atomic mass is 35.5. The van der Waals surface area contributed by atoms with E-state index in [0.29, 0.717) is 16.0 Å². The van der Waals surface area contributed by atoms with Gasteiger partial charge >= 0.3 is 5.63 Å². The number of halogens is 3. The predicted octanol–water partition coefficient (Wildman–Crippen LogP) is 3.75. The molecular weight excluding hydrogens is 246 g/mol. The molecule has 14 heavy (non-hydrogen) atoms. The summed E-state index contributed by atoms with van der Waals surface area (Å²) in [6.07, 6.45) is 0. The lowest BCUT2D eigenvalue weighted by atomic mass is 10.2. The Balaban J connectivity index is 2.98. The van der Waals surface area contributed by atoms with Gasteiger partial charge in [-0.25, -0.2) is 4.79 Å². The van der Waals surface area contributed by atoms with Gasteiger partial charge in [-0.1, -0.05) is 34.8 Å². The molecule has 0 bridgehead atoms. The van der Waals surface area contributed by atoms with Crippen LogP contribution in [0.5, 0.6) is 0 Å². The number of rotatable bonds is 0. The van der Waals surface area contributed by atoms with E-state index < -0.39 is 5.63 Å². The van der Waals surface area contributed by atoms with Crippen molar-refractivity contribution in [3.63, 3.8) is 0 Å². The summed E-state index contributed by atoms with van der Waals surface area (Å²) in [5, 5.41) is 1.12. The minimum Gasteiger partial charge on any atom is -0.421 e. The van der Waals surface area contributed by atoms with Gasteiger partial charge in [0.15, 0.2) is 0 Å². The summed E-state index contributed by atoms with van der Waals surface area (Å²) in [5.74, 6) is 0. The van der Waals surface area contributed by atoms with E-state index in [0.717, 1.165) is 0 Å². The van der Waals surface area contributed by atoms with Crippen molar-refractivity contribution in [3.8, 4) is 0 Å². The monoisotopic (exact) mass is 248 g/mol. The number of hydrogen-bond acceptors (Lipinski definition) is 2. The third kappa shape index (κ3) is 1.50. The second-order valence-electron chi connectivity index (χ2n) is 2.66. The molecule has 2 nitrogen and oxygen atoms in total. The minimum absolute atomic E-state index is 0.110. The quantitative estimate of drug-likeness (QED) is 0.666. The van der Waals surface area contributed by atoms with Crippen LogP contribution in [-0.4, -0.2) is 0 Å². The zero-order chi connectivity index (χ0) is 10.3. The van der Waals surface area contributed by atoms with Crippen molar-refractivity contribution < 1.29 is 4.42 Å². The first kappa shape index (κ1) is 9.84. The fourth-order valence-electron chi connectivity index (χ4n) is 1.11. The Labute approximate surface area is 94.0 Å². The van der Waals surface area contributed by atoms with Crippen molar-refractivity contribution in [3.05, 3.63) is 43.7 Å². The molecule has 0 spiro atoms.